The molecule has 104 valence electrons. The fourth-order valence-corrected chi connectivity index (χ4v) is 1.52. The van der Waals surface area contributed by atoms with Crippen LogP contribution in [-0.4, -0.2) is 44.2 Å². The molecule has 2 N–H and O–H groups in total. The van der Waals surface area contributed by atoms with Gasteiger partial charge in [0.05, 0.1) is 32.7 Å². The van der Waals surface area contributed by atoms with Crippen LogP contribution in [0.15, 0.2) is 18.2 Å². The molecule has 0 saturated carbocycles. The van der Waals surface area contributed by atoms with Crippen LogP contribution in [0.4, 0.5) is 0 Å². The Labute approximate surface area is 111 Å². The molecular formula is C13H17NO5. The van der Waals surface area contributed by atoms with Crippen LogP contribution in [0.3, 0.4) is 0 Å². The SMILES string of the molecule is COc1ccc(OC)c(C(=O)CNCCC(=O)O)c1. The molecule has 0 aliphatic rings. The van der Waals surface area contributed by atoms with E-state index in [-0.39, 0.29) is 25.3 Å². The number of ether oxygens (including phenoxy) is 2. The zero-order chi connectivity index (χ0) is 14.3. The van der Waals surface area contributed by atoms with Gasteiger partial charge in [-0.1, -0.05) is 0 Å². The maximum Gasteiger partial charge on any atom is 0.304 e. The molecule has 0 heterocycles. The molecule has 0 amide bonds. The maximum absolute atomic E-state index is 12.0. The van der Waals surface area contributed by atoms with Gasteiger partial charge in [-0.05, 0) is 18.2 Å². The van der Waals surface area contributed by atoms with Crippen LogP contribution >= 0.6 is 0 Å². The predicted molar refractivity (Wildman–Crippen MR) is 69.0 cm³/mol. The van der Waals surface area contributed by atoms with E-state index in [0.29, 0.717) is 17.1 Å². The second kappa shape index (κ2) is 7.38. The fraction of sp³-hybridized carbons (Fsp3) is 0.385. The van der Waals surface area contributed by atoms with Crippen molar-refractivity contribution >= 4 is 11.8 Å². The van der Waals surface area contributed by atoms with Crippen molar-refractivity contribution in [2.75, 3.05) is 27.3 Å². The fourth-order valence-electron chi connectivity index (χ4n) is 1.52. The van der Waals surface area contributed by atoms with Crippen molar-refractivity contribution in [2.45, 2.75) is 6.42 Å². The zero-order valence-electron chi connectivity index (χ0n) is 10.9. The highest BCUT2D eigenvalue weighted by atomic mass is 16.5. The summed E-state index contributed by atoms with van der Waals surface area (Å²) in [5.41, 5.74) is 0.407. The van der Waals surface area contributed by atoms with Crippen molar-refractivity contribution in [1.82, 2.24) is 5.32 Å². The molecular weight excluding hydrogens is 250 g/mol. The van der Waals surface area contributed by atoms with Gasteiger partial charge in [0, 0.05) is 6.54 Å². The first-order chi connectivity index (χ1) is 9.08. The van der Waals surface area contributed by atoms with E-state index in [1.807, 2.05) is 0 Å². The van der Waals surface area contributed by atoms with Crippen molar-refractivity contribution in [3.8, 4) is 11.5 Å². The molecule has 0 unspecified atom stereocenters. The lowest BCUT2D eigenvalue weighted by molar-refractivity contribution is -0.136. The Kier molecular flexibility index (Phi) is 5.81. The molecule has 0 aliphatic carbocycles. The number of hydrogen-bond donors (Lipinski definition) is 2. The summed E-state index contributed by atoms with van der Waals surface area (Å²) in [7, 11) is 3.00. The van der Waals surface area contributed by atoms with Gasteiger partial charge in [0.1, 0.15) is 11.5 Å². The van der Waals surface area contributed by atoms with Gasteiger partial charge < -0.3 is 19.9 Å². The van der Waals surface area contributed by atoms with Crippen LogP contribution in [0.25, 0.3) is 0 Å². The monoisotopic (exact) mass is 267 g/mol. The van der Waals surface area contributed by atoms with Gasteiger partial charge >= 0.3 is 5.97 Å². The van der Waals surface area contributed by atoms with E-state index < -0.39 is 5.97 Å². The summed E-state index contributed by atoms with van der Waals surface area (Å²) in [6.07, 6.45) is -0.0253. The zero-order valence-corrected chi connectivity index (χ0v) is 10.9. The topological polar surface area (TPSA) is 84.9 Å². The van der Waals surface area contributed by atoms with E-state index in [4.69, 9.17) is 14.6 Å². The number of nitrogens with one attached hydrogen (secondary N) is 1. The minimum absolute atomic E-state index is 0.0253. The number of hydrogen-bond acceptors (Lipinski definition) is 5. The number of carbonyl (C=O) groups excluding carboxylic acids is 1. The molecule has 0 fully saturated rings. The highest BCUT2D eigenvalue weighted by Gasteiger charge is 2.13. The third kappa shape index (κ3) is 4.59. The minimum atomic E-state index is -0.904. The lowest BCUT2D eigenvalue weighted by Gasteiger charge is -2.10. The normalized spacial score (nSPS) is 10.0. The number of carboxylic acid groups (broad SMARTS) is 1. The van der Waals surface area contributed by atoms with Gasteiger partial charge in [-0.3, -0.25) is 9.59 Å². The van der Waals surface area contributed by atoms with Crippen molar-refractivity contribution < 1.29 is 24.2 Å². The molecule has 6 nitrogen and oxygen atoms in total. The summed E-state index contributed by atoms with van der Waals surface area (Å²) in [5, 5.41) is 11.3. The molecule has 1 aromatic carbocycles. The first-order valence-corrected chi connectivity index (χ1v) is 5.76. The second-order valence-corrected chi connectivity index (χ2v) is 3.81. The number of ketones is 1. The number of Topliss-reactive ketones (excluding diaryl/α,β-unsaturated/α-hetero) is 1. The molecule has 6 heteroatoms. The van der Waals surface area contributed by atoms with E-state index in [1.54, 1.807) is 18.2 Å². The lowest BCUT2D eigenvalue weighted by Crippen LogP contribution is -2.25. The summed E-state index contributed by atoms with van der Waals surface area (Å²) >= 11 is 0. The summed E-state index contributed by atoms with van der Waals surface area (Å²) in [6, 6.07) is 4.96. The molecule has 0 radical (unpaired) electrons. The number of aliphatic carboxylic acids is 1. The van der Waals surface area contributed by atoms with Gasteiger partial charge in [-0.2, -0.15) is 0 Å². The van der Waals surface area contributed by atoms with Gasteiger partial charge in [0.2, 0.25) is 0 Å². The Hall–Kier alpha value is -2.08. The number of carbonyl (C=O) groups is 2. The molecule has 0 saturated heterocycles. The summed E-state index contributed by atoms with van der Waals surface area (Å²) in [6.45, 7) is 0.296. The van der Waals surface area contributed by atoms with Crippen LogP contribution in [0.2, 0.25) is 0 Å². The Bertz CT molecular complexity index is 458. The number of methoxy groups -OCH3 is 2. The molecule has 1 aromatic rings. The van der Waals surface area contributed by atoms with Gasteiger partial charge in [-0.25, -0.2) is 0 Å². The van der Waals surface area contributed by atoms with Gasteiger partial charge in [0.15, 0.2) is 5.78 Å². The standard InChI is InChI=1S/C13H17NO5/c1-18-9-3-4-12(19-2)10(7-9)11(15)8-14-6-5-13(16)17/h3-4,7,14H,5-6,8H2,1-2H3,(H,16,17). The molecule has 0 aliphatic heterocycles. The van der Waals surface area contributed by atoms with Crippen molar-refractivity contribution in [1.29, 1.82) is 0 Å². The first-order valence-electron chi connectivity index (χ1n) is 5.76. The molecule has 0 bridgehead atoms. The highest BCUT2D eigenvalue weighted by molar-refractivity contribution is 6.00. The van der Waals surface area contributed by atoms with Crippen LogP contribution < -0.4 is 14.8 Å². The Morgan fingerprint density at radius 3 is 2.58 bits per heavy atom. The van der Waals surface area contributed by atoms with E-state index >= 15 is 0 Å². The van der Waals surface area contributed by atoms with Crippen molar-refractivity contribution in [3.63, 3.8) is 0 Å². The summed E-state index contributed by atoms with van der Waals surface area (Å²) in [5.74, 6) is -0.0550. The number of rotatable bonds is 8. The van der Waals surface area contributed by atoms with E-state index in [1.165, 1.54) is 14.2 Å². The van der Waals surface area contributed by atoms with E-state index in [9.17, 15) is 9.59 Å². The predicted octanol–water partition coefficient (Wildman–Crippen LogP) is 0.951. The maximum atomic E-state index is 12.0. The van der Waals surface area contributed by atoms with E-state index in [2.05, 4.69) is 5.32 Å². The smallest absolute Gasteiger partial charge is 0.304 e. The average Bonchev–Trinajstić information content (AvgIpc) is 2.42. The quantitative estimate of drug-likeness (QED) is 0.539. The van der Waals surface area contributed by atoms with E-state index in [0.717, 1.165) is 0 Å². The molecule has 0 atom stereocenters. The Morgan fingerprint density at radius 1 is 1.26 bits per heavy atom. The van der Waals surface area contributed by atoms with Crippen LogP contribution in [0, 0.1) is 0 Å². The molecule has 0 spiro atoms. The van der Waals surface area contributed by atoms with Crippen LogP contribution in [0.5, 0.6) is 11.5 Å². The molecule has 0 aromatic heterocycles. The average molecular weight is 267 g/mol. The molecule has 1 rings (SSSR count). The van der Waals surface area contributed by atoms with Gasteiger partial charge in [0.25, 0.3) is 0 Å². The number of benzene rings is 1. The summed E-state index contributed by atoms with van der Waals surface area (Å²) < 4.78 is 10.2. The highest BCUT2D eigenvalue weighted by Crippen LogP contribution is 2.24. The molecule has 19 heavy (non-hydrogen) atoms. The van der Waals surface area contributed by atoms with Gasteiger partial charge in [-0.15, -0.1) is 0 Å². The van der Waals surface area contributed by atoms with Crippen LogP contribution in [0.1, 0.15) is 16.8 Å². The van der Waals surface area contributed by atoms with Crippen LogP contribution in [-0.2, 0) is 4.79 Å². The summed E-state index contributed by atoms with van der Waals surface area (Å²) in [4.78, 5) is 22.3. The lowest BCUT2D eigenvalue weighted by atomic mass is 10.1. The largest absolute Gasteiger partial charge is 0.497 e. The first kappa shape index (κ1) is 15.0. The van der Waals surface area contributed by atoms with Crippen molar-refractivity contribution in [2.24, 2.45) is 0 Å². The Morgan fingerprint density at radius 2 is 2.00 bits per heavy atom. The number of carboxylic acids is 1. The van der Waals surface area contributed by atoms with Crippen molar-refractivity contribution in [3.05, 3.63) is 23.8 Å². The minimum Gasteiger partial charge on any atom is -0.497 e. The third-order valence-corrected chi connectivity index (χ3v) is 2.51. The Balaban J connectivity index is 2.66. The third-order valence-electron chi connectivity index (χ3n) is 2.51. The second-order valence-electron chi connectivity index (χ2n) is 3.81.